The van der Waals surface area contributed by atoms with E-state index >= 15 is 0 Å². The summed E-state index contributed by atoms with van der Waals surface area (Å²) in [6.07, 6.45) is 1.84. The van der Waals surface area contributed by atoms with Crippen LogP contribution in [-0.2, 0) is 11.3 Å². The molecule has 6 nitrogen and oxygen atoms in total. The Kier molecular flexibility index (Phi) is 4.38. The van der Waals surface area contributed by atoms with Crippen LogP contribution in [0, 0.1) is 0 Å². The lowest BCUT2D eigenvalue weighted by molar-refractivity contribution is -0.139. The third kappa shape index (κ3) is 3.64. The fourth-order valence-electron chi connectivity index (χ4n) is 1.13. The van der Waals surface area contributed by atoms with Crippen molar-refractivity contribution in [2.45, 2.75) is 25.9 Å². The lowest BCUT2D eigenvalue weighted by Gasteiger charge is -2.12. The molecular weight excluding hydrogens is 212 g/mol. The summed E-state index contributed by atoms with van der Waals surface area (Å²) < 4.78 is 5.00. The molecule has 1 aromatic rings. The van der Waals surface area contributed by atoms with Crippen LogP contribution in [0.15, 0.2) is 22.8 Å². The first-order chi connectivity index (χ1) is 7.63. The minimum atomic E-state index is -1.05. The van der Waals surface area contributed by atoms with Gasteiger partial charge < -0.3 is 20.2 Å². The number of furan rings is 1. The molecule has 0 saturated carbocycles. The molecule has 1 rings (SSSR count). The molecule has 6 heteroatoms. The number of aliphatic carboxylic acids is 1. The molecule has 0 spiro atoms. The van der Waals surface area contributed by atoms with Crippen LogP contribution in [-0.4, -0.2) is 23.1 Å². The number of carbonyl (C=O) groups excluding carboxylic acids is 1. The van der Waals surface area contributed by atoms with Crippen LogP contribution in [0.4, 0.5) is 4.79 Å². The highest BCUT2D eigenvalue weighted by Gasteiger charge is 2.17. The highest BCUT2D eigenvalue weighted by atomic mass is 16.4. The Bertz CT molecular complexity index is 348. The Balaban J connectivity index is 2.33. The largest absolute Gasteiger partial charge is 0.480 e. The Morgan fingerprint density at radius 2 is 2.31 bits per heavy atom. The van der Waals surface area contributed by atoms with E-state index in [0.717, 1.165) is 0 Å². The highest BCUT2D eigenvalue weighted by molar-refractivity contribution is 5.82. The second-order valence-corrected chi connectivity index (χ2v) is 3.21. The SMILES string of the molecule is CC[C@@H](NC(=O)NCc1ccco1)C(=O)O. The van der Waals surface area contributed by atoms with E-state index in [1.165, 1.54) is 6.26 Å². The minimum Gasteiger partial charge on any atom is -0.480 e. The van der Waals surface area contributed by atoms with E-state index in [2.05, 4.69) is 10.6 Å². The summed E-state index contributed by atoms with van der Waals surface area (Å²) in [7, 11) is 0. The molecule has 0 saturated heterocycles. The summed E-state index contributed by atoms with van der Waals surface area (Å²) in [5.74, 6) is -0.436. The molecule has 0 radical (unpaired) electrons. The first-order valence-electron chi connectivity index (χ1n) is 4.93. The van der Waals surface area contributed by atoms with Gasteiger partial charge in [0.1, 0.15) is 11.8 Å². The third-order valence-electron chi connectivity index (χ3n) is 2.01. The Hall–Kier alpha value is -1.98. The molecular formula is C10H14N2O4. The van der Waals surface area contributed by atoms with Gasteiger partial charge in [0.25, 0.3) is 0 Å². The summed E-state index contributed by atoms with van der Waals surface area (Å²) in [4.78, 5) is 21.9. The summed E-state index contributed by atoms with van der Waals surface area (Å²) >= 11 is 0. The fourth-order valence-corrected chi connectivity index (χ4v) is 1.13. The standard InChI is InChI=1S/C10H14N2O4/c1-2-8(9(13)14)12-10(15)11-6-7-4-3-5-16-7/h3-5,8H,2,6H2,1H3,(H,13,14)(H2,11,12,15)/t8-/m1/s1. The number of amides is 2. The van der Waals surface area contributed by atoms with Crippen molar-refractivity contribution < 1.29 is 19.1 Å². The molecule has 0 unspecified atom stereocenters. The lowest BCUT2D eigenvalue weighted by Crippen LogP contribution is -2.45. The van der Waals surface area contributed by atoms with Gasteiger partial charge in [-0.1, -0.05) is 6.92 Å². The van der Waals surface area contributed by atoms with Gasteiger partial charge in [-0.05, 0) is 18.6 Å². The molecule has 0 fully saturated rings. The van der Waals surface area contributed by atoms with Gasteiger partial charge in [0.05, 0.1) is 12.8 Å². The topological polar surface area (TPSA) is 91.6 Å². The number of urea groups is 1. The summed E-state index contributed by atoms with van der Waals surface area (Å²) in [6, 6.07) is 2.04. The first-order valence-corrected chi connectivity index (χ1v) is 4.93. The van der Waals surface area contributed by atoms with Gasteiger partial charge in [0.15, 0.2) is 0 Å². The molecule has 88 valence electrons. The molecule has 0 aliphatic carbocycles. The second kappa shape index (κ2) is 5.79. The summed E-state index contributed by atoms with van der Waals surface area (Å²) in [5, 5.41) is 13.5. The average molecular weight is 226 g/mol. The normalized spacial score (nSPS) is 11.8. The van der Waals surface area contributed by atoms with Crippen molar-refractivity contribution >= 4 is 12.0 Å². The van der Waals surface area contributed by atoms with E-state index in [1.54, 1.807) is 19.1 Å². The zero-order valence-corrected chi connectivity index (χ0v) is 8.90. The molecule has 2 amide bonds. The molecule has 1 aromatic heterocycles. The number of hydrogen-bond acceptors (Lipinski definition) is 3. The molecule has 16 heavy (non-hydrogen) atoms. The van der Waals surface area contributed by atoms with Crippen molar-refractivity contribution in [1.29, 1.82) is 0 Å². The number of hydrogen-bond donors (Lipinski definition) is 3. The molecule has 0 aromatic carbocycles. The third-order valence-corrected chi connectivity index (χ3v) is 2.01. The smallest absolute Gasteiger partial charge is 0.326 e. The molecule has 1 heterocycles. The number of rotatable bonds is 5. The Morgan fingerprint density at radius 1 is 1.56 bits per heavy atom. The monoisotopic (exact) mass is 226 g/mol. The average Bonchev–Trinajstić information content (AvgIpc) is 2.75. The van der Waals surface area contributed by atoms with E-state index in [4.69, 9.17) is 9.52 Å². The predicted molar refractivity (Wildman–Crippen MR) is 55.8 cm³/mol. The van der Waals surface area contributed by atoms with Crippen molar-refractivity contribution in [1.82, 2.24) is 10.6 Å². The molecule has 0 aliphatic rings. The van der Waals surface area contributed by atoms with Crippen LogP contribution in [0.1, 0.15) is 19.1 Å². The van der Waals surface area contributed by atoms with Crippen LogP contribution in [0.2, 0.25) is 0 Å². The maximum Gasteiger partial charge on any atom is 0.326 e. The molecule has 0 bridgehead atoms. The summed E-state index contributed by atoms with van der Waals surface area (Å²) in [6.45, 7) is 1.92. The summed E-state index contributed by atoms with van der Waals surface area (Å²) in [5.41, 5.74) is 0. The van der Waals surface area contributed by atoms with E-state index in [-0.39, 0.29) is 6.54 Å². The number of carboxylic acids is 1. The first kappa shape index (κ1) is 12.1. The van der Waals surface area contributed by atoms with Crippen LogP contribution in [0.25, 0.3) is 0 Å². The van der Waals surface area contributed by atoms with Gasteiger partial charge in [-0.15, -0.1) is 0 Å². The Labute approximate surface area is 92.6 Å². The Morgan fingerprint density at radius 3 is 2.81 bits per heavy atom. The van der Waals surface area contributed by atoms with E-state index in [9.17, 15) is 9.59 Å². The van der Waals surface area contributed by atoms with Crippen LogP contribution < -0.4 is 10.6 Å². The second-order valence-electron chi connectivity index (χ2n) is 3.21. The van der Waals surface area contributed by atoms with Gasteiger partial charge in [-0.25, -0.2) is 9.59 Å². The fraction of sp³-hybridized carbons (Fsp3) is 0.400. The van der Waals surface area contributed by atoms with Gasteiger partial charge in [-0.3, -0.25) is 0 Å². The molecule has 1 atom stereocenters. The van der Waals surface area contributed by atoms with Crippen LogP contribution in [0.3, 0.4) is 0 Å². The van der Waals surface area contributed by atoms with Gasteiger partial charge in [0.2, 0.25) is 0 Å². The number of nitrogens with one attached hydrogen (secondary N) is 2. The van der Waals surface area contributed by atoms with E-state index < -0.39 is 18.0 Å². The van der Waals surface area contributed by atoms with Crippen molar-refractivity contribution in [3.8, 4) is 0 Å². The lowest BCUT2D eigenvalue weighted by atomic mass is 10.2. The van der Waals surface area contributed by atoms with E-state index in [0.29, 0.717) is 12.2 Å². The van der Waals surface area contributed by atoms with Crippen molar-refractivity contribution in [2.75, 3.05) is 0 Å². The van der Waals surface area contributed by atoms with Crippen LogP contribution >= 0.6 is 0 Å². The van der Waals surface area contributed by atoms with E-state index in [1.807, 2.05) is 0 Å². The van der Waals surface area contributed by atoms with Crippen molar-refractivity contribution in [3.05, 3.63) is 24.2 Å². The van der Waals surface area contributed by atoms with Crippen LogP contribution in [0.5, 0.6) is 0 Å². The van der Waals surface area contributed by atoms with Gasteiger partial charge >= 0.3 is 12.0 Å². The number of carbonyl (C=O) groups is 2. The van der Waals surface area contributed by atoms with Gasteiger partial charge in [-0.2, -0.15) is 0 Å². The quantitative estimate of drug-likeness (QED) is 0.696. The maximum atomic E-state index is 11.3. The predicted octanol–water partition coefficient (Wildman–Crippen LogP) is 0.942. The van der Waals surface area contributed by atoms with Crippen molar-refractivity contribution in [3.63, 3.8) is 0 Å². The van der Waals surface area contributed by atoms with Crippen molar-refractivity contribution in [2.24, 2.45) is 0 Å². The zero-order valence-electron chi connectivity index (χ0n) is 8.90. The minimum absolute atomic E-state index is 0.231. The zero-order chi connectivity index (χ0) is 12.0. The maximum absolute atomic E-state index is 11.3. The molecule has 3 N–H and O–H groups in total. The van der Waals surface area contributed by atoms with Gasteiger partial charge in [0, 0.05) is 0 Å². The number of carboxylic acid groups (broad SMARTS) is 1. The highest BCUT2D eigenvalue weighted by Crippen LogP contribution is 1.98. The molecule has 0 aliphatic heterocycles.